The molecule has 3 aromatic heterocycles. The van der Waals surface area contributed by atoms with Crippen molar-refractivity contribution in [2.45, 2.75) is 31.8 Å². The number of hydrogen-bond donors (Lipinski definition) is 2. The summed E-state index contributed by atoms with van der Waals surface area (Å²) in [5.74, 6) is 2.41. The first-order chi connectivity index (χ1) is 15.7. The van der Waals surface area contributed by atoms with Gasteiger partial charge in [-0.1, -0.05) is 0 Å². The zero-order valence-electron chi connectivity index (χ0n) is 18.4. The molecule has 1 saturated carbocycles. The van der Waals surface area contributed by atoms with Gasteiger partial charge in [0.25, 0.3) is 5.89 Å². The van der Waals surface area contributed by atoms with Crippen LogP contribution in [-0.2, 0) is 13.0 Å². The van der Waals surface area contributed by atoms with Crippen LogP contribution in [-0.4, -0.2) is 80.8 Å². The molecule has 0 unspecified atom stereocenters. The van der Waals surface area contributed by atoms with Gasteiger partial charge in [-0.25, -0.2) is 4.98 Å². The predicted molar refractivity (Wildman–Crippen MR) is 121 cm³/mol. The molecule has 2 N–H and O–H groups in total. The van der Waals surface area contributed by atoms with Crippen molar-refractivity contribution in [3.63, 3.8) is 0 Å². The second kappa shape index (κ2) is 9.58. The van der Waals surface area contributed by atoms with Gasteiger partial charge in [-0.05, 0) is 44.0 Å². The van der Waals surface area contributed by atoms with Gasteiger partial charge in [-0.15, -0.1) is 10.2 Å². The topological polar surface area (TPSA) is 108 Å². The summed E-state index contributed by atoms with van der Waals surface area (Å²) in [6.45, 7) is 5.53. The highest BCUT2D eigenvalue weighted by molar-refractivity contribution is 5.69. The molecule has 2 aliphatic rings. The largest absolute Gasteiger partial charge is 0.419 e. The Bertz CT molecular complexity index is 1010. The molecule has 0 bridgehead atoms. The molecule has 0 spiro atoms. The van der Waals surface area contributed by atoms with E-state index < -0.39 is 0 Å². The van der Waals surface area contributed by atoms with E-state index >= 15 is 0 Å². The maximum Gasteiger partial charge on any atom is 0.253 e. The summed E-state index contributed by atoms with van der Waals surface area (Å²) in [5.41, 5.74) is 1.97. The van der Waals surface area contributed by atoms with E-state index in [9.17, 15) is 0 Å². The number of aromatic nitrogens is 5. The van der Waals surface area contributed by atoms with Crippen LogP contribution in [0.2, 0.25) is 0 Å². The van der Waals surface area contributed by atoms with E-state index in [1.165, 1.54) is 5.56 Å². The van der Waals surface area contributed by atoms with Gasteiger partial charge in [0, 0.05) is 57.4 Å². The number of nitrogens with zero attached hydrogens (tertiary/aromatic N) is 7. The van der Waals surface area contributed by atoms with E-state index in [2.05, 4.69) is 47.6 Å². The van der Waals surface area contributed by atoms with Crippen molar-refractivity contribution >= 4 is 11.8 Å². The molecule has 10 nitrogen and oxygen atoms in total. The molecule has 0 amide bonds. The van der Waals surface area contributed by atoms with Gasteiger partial charge in [0.15, 0.2) is 0 Å². The van der Waals surface area contributed by atoms with Crippen LogP contribution in [0.5, 0.6) is 0 Å². The number of nitrogens with one attached hydrogen (secondary N) is 2. The summed E-state index contributed by atoms with van der Waals surface area (Å²) in [7, 11) is 2.15. The van der Waals surface area contributed by atoms with E-state index in [1.54, 1.807) is 18.6 Å². The second-order valence-corrected chi connectivity index (χ2v) is 8.49. The standard InChI is InChI=1S/C22H29N9O/c1-30-10-12-31(13-11-30)15-19-28-29-21(32-19)18-14-25-22(27-20(18)26-17-2-3-17)24-9-6-16-4-7-23-8-5-16/h4-5,7-8,14,17H,2-3,6,9-13,15H2,1H3,(H2,24,25,26,27). The van der Waals surface area contributed by atoms with Gasteiger partial charge in [-0.3, -0.25) is 9.88 Å². The smallest absolute Gasteiger partial charge is 0.253 e. The Morgan fingerprint density at radius 3 is 2.69 bits per heavy atom. The molecule has 3 aromatic rings. The lowest BCUT2D eigenvalue weighted by molar-refractivity contribution is 0.138. The SMILES string of the molecule is CN1CCN(Cc2nnc(-c3cnc(NCCc4ccncc4)nc3NC3CC3)o2)CC1. The van der Waals surface area contributed by atoms with Crippen LogP contribution in [0, 0.1) is 0 Å². The fourth-order valence-electron chi connectivity index (χ4n) is 3.65. The third-order valence-corrected chi connectivity index (χ3v) is 5.81. The number of likely N-dealkylation sites (N-methyl/N-ethyl adjacent to an activating group) is 1. The number of anilines is 2. The zero-order chi connectivity index (χ0) is 21.8. The van der Waals surface area contributed by atoms with Crippen LogP contribution in [0.1, 0.15) is 24.3 Å². The zero-order valence-corrected chi connectivity index (χ0v) is 18.4. The second-order valence-electron chi connectivity index (χ2n) is 8.49. The lowest BCUT2D eigenvalue weighted by Crippen LogP contribution is -2.43. The summed E-state index contributed by atoms with van der Waals surface area (Å²) >= 11 is 0. The summed E-state index contributed by atoms with van der Waals surface area (Å²) in [5, 5.41) is 15.4. The fourth-order valence-corrected chi connectivity index (χ4v) is 3.65. The van der Waals surface area contributed by atoms with Crippen molar-refractivity contribution in [3.8, 4) is 11.5 Å². The lowest BCUT2D eigenvalue weighted by atomic mass is 10.2. The number of hydrogen-bond acceptors (Lipinski definition) is 10. The average molecular weight is 436 g/mol. The van der Waals surface area contributed by atoms with Crippen molar-refractivity contribution in [1.82, 2.24) is 34.9 Å². The maximum atomic E-state index is 6.00. The summed E-state index contributed by atoms with van der Waals surface area (Å²) < 4.78 is 6.00. The van der Waals surface area contributed by atoms with Crippen LogP contribution >= 0.6 is 0 Å². The van der Waals surface area contributed by atoms with Crippen LogP contribution in [0.3, 0.4) is 0 Å². The third kappa shape index (κ3) is 5.38. The Balaban J connectivity index is 1.26. The maximum absolute atomic E-state index is 6.00. The van der Waals surface area contributed by atoms with Crippen LogP contribution in [0.4, 0.5) is 11.8 Å². The van der Waals surface area contributed by atoms with Gasteiger partial charge in [-0.2, -0.15) is 4.98 Å². The summed E-state index contributed by atoms with van der Waals surface area (Å²) in [6.07, 6.45) is 8.54. The minimum absolute atomic E-state index is 0.445. The molecule has 4 heterocycles. The normalized spacial score (nSPS) is 17.4. The van der Waals surface area contributed by atoms with Crippen LogP contribution in [0.15, 0.2) is 35.1 Å². The molecule has 0 aromatic carbocycles. The molecule has 1 saturated heterocycles. The van der Waals surface area contributed by atoms with E-state index in [4.69, 9.17) is 9.40 Å². The highest BCUT2D eigenvalue weighted by Crippen LogP contribution is 2.31. The summed E-state index contributed by atoms with van der Waals surface area (Å²) in [4.78, 5) is 17.9. The average Bonchev–Trinajstić information content (AvgIpc) is 3.51. The van der Waals surface area contributed by atoms with E-state index in [-0.39, 0.29) is 0 Å². The van der Waals surface area contributed by atoms with Gasteiger partial charge in [0.1, 0.15) is 5.82 Å². The Morgan fingerprint density at radius 2 is 1.91 bits per heavy atom. The fraction of sp³-hybridized carbons (Fsp3) is 0.500. The molecule has 168 valence electrons. The van der Waals surface area contributed by atoms with Crippen molar-refractivity contribution < 1.29 is 4.42 Å². The van der Waals surface area contributed by atoms with Crippen LogP contribution in [0.25, 0.3) is 11.5 Å². The first kappa shape index (κ1) is 20.8. The van der Waals surface area contributed by atoms with Gasteiger partial charge >= 0.3 is 0 Å². The quantitative estimate of drug-likeness (QED) is 0.517. The first-order valence-corrected chi connectivity index (χ1v) is 11.2. The first-order valence-electron chi connectivity index (χ1n) is 11.2. The van der Waals surface area contributed by atoms with Gasteiger partial charge < -0.3 is 20.0 Å². The molecule has 10 heteroatoms. The van der Waals surface area contributed by atoms with Gasteiger partial charge in [0.05, 0.1) is 12.1 Å². The number of pyridine rings is 1. The highest BCUT2D eigenvalue weighted by atomic mass is 16.4. The third-order valence-electron chi connectivity index (χ3n) is 5.81. The molecular formula is C22H29N9O. The Labute approximate surface area is 187 Å². The van der Waals surface area contributed by atoms with Crippen molar-refractivity contribution in [2.24, 2.45) is 0 Å². The molecule has 1 aliphatic carbocycles. The van der Waals surface area contributed by atoms with E-state index in [1.807, 2.05) is 12.1 Å². The molecule has 0 atom stereocenters. The number of piperazine rings is 1. The molecule has 2 fully saturated rings. The lowest BCUT2D eigenvalue weighted by Gasteiger charge is -2.31. The Hall–Kier alpha value is -3.11. The molecule has 32 heavy (non-hydrogen) atoms. The van der Waals surface area contributed by atoms with Crippen molar-refractivity contribution in [2.75, 3.05) is 50.4 Å². The van der Waals surface area contributed by atoms with Crippen molar-refractivity contribution in [3.05, 3.63) is 42.2 Å². The minimum atomic E-state index is 0.445. The Morgan fingerprint density at radius 1 is 1.09 bits per heavy atom. The van der Waals surface area contributed by atoms with Gasteiger partial charge in [0.2, 0.25) is 11.8 Å². The predicted octanol–water partition coefficient (Wildman–Crippen LogP) is 1.90. The molecular weight excluding hydrogens is 406 g/mol. The molecule has 0 radical (unpaired) electrons. The van der Waals surface area contributed by atoms with E-state index in [0.29, 0.717) is 30.3 Å². The Kier molecular flexibility index (Phi) is 6.22. The molecule has 1 aliphatic heterocycles. The van der Waals surface area contributed by atoms with Crippen LogP contribution < -0.4 is 10.6 Å². The highest BCUT2D eigenvalue weighted by Gasteiger charge is 2.25. The molecule has 5 rings (SSSR count). The minimum Gasteiger partial charge on any atom is -0.419 e. The van der Waals surface area contributed by atoms with E-state index in [0.717, 1.165) is 63.4 Å². The van der Waals surface area contributed by atoms with Crippen molar-refractivity contribution in [1.29, 1.82) is 0 Å². The number of rotatable bonds is 9. The monoisotopic (exact) mass is 435 g/mol. The summed E-state index contributed by atoms with van der Waals surface area (Å²) in [6, 6.07) is 4.48.